The number of unbranched alkanes of at least 4 members (excludes halogenated alkanes) is 5. The van der Waals surface area contributed by atoms with E-state index in [1.165, 1.54) is 42.3 Å². The van der Waals surface area contributed by atoms with E-state index >= 15 is 0 Å². The van der Waals surface area contributed by atoms with Crippen LogP contribution in [-0.4, -0.2) is 29.0 Å². The van der Waals surface area contributed by atoms with Crippen molar-refractivity contribution in [2.75, 3.05) is 12.3 Å². The average Bonchev–Trinajstić information content (AvgIpc) is 2.83. The minimum Gasteiger partial charge on any atom is -0.274 e. The van der Waals surface area contributed by atoms with Crippen LogP contribution in [0.25, 0.3) is 5.57 Å². The minimum atomic E-state index is -0.129. The second kappa shape index (κ2) is 9.67. The van der Waals surface area contributed by atoms with Crippen LogP contribution in [0, 0.1) is 0 Å². The van der Waals surface area contributed by atoms with Crippen molar-refractivity contribution < 1.29 is 9.59 Å². The Balaban J connectivity index is 2.04. The fraction of sp³-hybridized carbons (Fsp3) is 0.500. The molecule has 0 atom stereocenters. The van der Waals surface area contributed by atoms with Crippen LogP contribution in [0.2, 0.25) is 0 Å². The number of thioether (sulfide) groups is 1. The van der Waals surface area contributed by atoms with Gasteiger partial charge in [-0.3, -0.25) is 14.5 Å². The van der Waals surface area contributed by atoms with E-state index in [1.54, 1.807) is 0 Å². The fourth-order valence-corrected chi connectivity index (χ4v) is 3.82. The first-order valence-corrected chi connectivity index (χ1v) is 9.97. The first kappa shape index (κ1) is 18.8. The molecule has 0 radical (unpaired) electrons. The maximum absolute atomic E-state index is 12.8. The van der Waals surface area contributed by atoms with E-state index in [0.29, 0.717) is 17.0 Å². The lowest BCUT2D eigenvalue weighted by Gasteiger charge is -2.15. The molecular weight excluding hydrogens is 318 g/mol. The Morgan fingerprint density at radius 1 is 0.875 bits per heavy atom. The smallest absolute Gasteiger partial charge is 0.267 e. The molecular formula is C20H27NO2S. The number of nitrogens with zero attached hydrogens (tertiary/aromatic N) is 1. The van der Waals surface area contributed by atoms with Crippen LogP contribution in [0.1, 0.15) is 57.9 Å². The zero-order valence-corrected chi connectivity index (χ0v) is 15.5. The van der Waals surface area contributed by atoms with Gasteiger partial charge in [0.15, 0.2) is 0 Å². The molecule has 3 nitrogen and oxygen atoms in total. The summed E-state index contributed by atoms with van der Waals surface area (Å²) in [6.45, 7) is 4.74. The highest BCUT2D eigenvalue weighted by Gasteiger charge is 2.38. The van der Waals surface area contributed by atoms with Gasteiger partial charge in [-0.25, -0.2) is 0 Å². The van der Waals surface area contributed by atoms with Gasteiger partial charge in [-0.05, 0) is 17.7 Å². The molecule has 1 heterocycles. The van der Waals surface area contributed by atoms with Crippen LogP contribution in [0.4, 0.5) is 0 Å². The standard InChI is InChI=1S/C20H27NO2S/c1-3-5-6-7-8-12-15-21-19(22)17(16-13-10-9-11-14-16)18(20(21)23)24-4-2/h9-11,13-14H,3-8,12,15H2,1-2H3. The molecule has 0 bridgehead atoms. The number of hydrogen-bond donors (Lipinski definition) is 0. The molecule has 2 rings (SSSR count). The number of hydrogen-bond acceptors (Lipinski definition) is 3. The van der Waals surface area contributed by atoms with Crippen LogP contribution in [0.15, 0.2) is 35.2 Å². The molecule has 1 aromatic rings. The van der Waals surface area contributed by atoms with Gasteiger partial charge in [0.05, 0.1) is 10.5 Å². The van der Waals surface area contributed by atoms with E-state index in [2.05, 4.69) is 6.92 Å². The highest BCUT2D eigenvalue weighted by Crippen LogP contribution is 2.35. The van der Waals surface area contributed by atoms with Gasteiger partial charge < -0.3 is 0 Å². The van der Waals surface area contributed by atoms with Crippen LogP contribution < -0.4 is 0 Å². The lowest BCUT2D eigenvalue weighted by atomic mass is 10.1. The molecule has 130 valence electrons. The Morgan fingerprint density at radius 2 is 1.54 bits per heavy atom. The van der Waals surface area contributed by atoms with E-state index in [-0.39, 0.29) is 11.8 Å². The number of rotatable bonds is 10. The van der Waals surface area contributed by atoms with Crippen molar-refractivity contribution in [3.63, 3.8) is 0 Å². The van der Waals surface area contributed by atoms with Crippen molar-refractivity contribution >= 4 is 29.1 Å². The van der Waals surface area contributed by atoms with Crippen LogP contribution in [0.5, 0.6) is 0 Å². The summed E-state index contributed by atoms with van der Waals surface area (Å²) in [5, 5.41) is 0. The zero-order chi connectivity index (χ0) is 17.4. The second-order valence-corrected chi connectivity index (χ2v) is 7.31. The Labute approximate surface area is 149 Å². The summed E-state index contributed by atoms with van der Waals surface area (Å²) in [5.74, 6) is 0.546. The van der Waals surface area contributed by atoms with Gasteiger partial charge >= 0.3 is 0 Å². The lowest BCUT2D eigenvalue weighted by molar-refractivity contribution is -0.136. The Bertz CT molecular complexity index is 595. The van der Waals surface area contributed by atoms with E-state index in [0.717, 1.165) is 24.2 Å². The quantitative estimate of drug-likeness (QED) is 0.448. The molecule has 0 aromatic heterocycles. The first-order chi connectivity index (χ1) is 11.7. The molecule has 1 aliphatic heterocycles. The van der Waals surface area contributed by atoms with Crippen molar-refractivity contribution in [2.45, 2.75) is 52.4 Å². The average molecular weight is 346 g/mol. The van der Waals surface area contributed by atoms with Gasteiger partial charge in [0.25, 0.3) is 11.8 Å². The molecule has 0 aliphatic carbocycles. The summed E-state index contributed by atoms with van der Waals surface area (Å²) in [6.07, 6.45) is 6.88. The highest BCUT2D eigenvalue weighted by molar-refractivity contribution is 8.04. The monoisotopic (exact) mass is 345 g/mol. The van der Waals surface area contributed by atoms with Gasteiger partial charge in [-0.15, -0.1) is 11.8 Å². The van der Waals surface area contributed by atoms with Gasteiger partial charge in [0, 0.05) is 6.54 Å². The molecule has 0 spiro atoms. The van der Waals surface area contributed by atoms with Gasteiger partial charge in [-0.2, -0.15) is 0 Å². The summed E-state index contributed by atoms with van der Waals surface area (Å²) in [7, 11) is 0. The minimum absolute atomic E-state index is 0.112. The topological polar surface area (TPSA) is 37.4 Å². The Kier molecular flexibility index (Phi) is 7.57. The van der Waals surface area contributed by atoms with Gasteiger partial charge in [0.2, 0.25) is 0 Å². The molecule has 2 amide bonds. The first-order valence-electron chi connectivity index (χ1n) is 8.99. The maximum Gasteiger partial charge on any atom is 0.267 e. The molecule has 0 N–H and O–H groups in total. The third-order valence-electron chi connectivity index (χ3n) is 4.21. The predicted molar refractivity (Wildman–Crippen MR) is 102 cm³/mol. The van der Waals surface area contributed by atoms with Crippen LogP contribution >= 0.6 is 11.8 Å². The van der Waals surface area contributed by atoms with Crippen LogP contribution in [0.3, 0.4) is 0 Å². The van der Waals surface area contributed by atoms with Gasteiger partial charge in [0.1, 0.15) is 0 Å². The lowest BCUT2D eigenvalue weighted by Crippen LogP contribution is -2.32. The third-order valence-corrected chi connectivity index (χ3v) is 5.17. The summed E-state index contributed by atoms with van der Waals surface area (Å²) < 4.78 is 0. The van der Waals surface area contributed by atoms with E-state index in [9.17, 15) is 9.59 Å². The predicted octanol–water partition coefficient (Wildman–Crippen LogP) is 4.88. The Hall–Kier alpha value is -1.55. The van der Waals surface area contributed by atoms with Crippen molar-refractivity contribution in [3.05, 3.63) is 40.8 Å². The molecule has 1 aliphatic rings. The summed E-state index contributed by atoms with van der Waals surface area (Å²) in [5.41, 5.74) is 1.43. The van der Waals surface area contributed by atoms with Crippen molar-refractivity contribution in [2.24, 2.45) is 0 Å². The number of carbonyl (C=O) groups excluding carboxylic acids is 2. The normalized spacial score (nSPS) is 14.8. The number of amides is 2. The molecule has 0 fully saturated rings. The fourth-order valence-electron chi connectivity index (χ4n) is 2.94. The van der Waals surface area contributed by atoms with E-state index in [1.807, 2.05) is 37.3 Å². The largest absolute Gasteiger partial charge is 0.274 e. The molecule has 24 heavy (non-hydrogen) atoms. The number of carbonyl (C=O) groups is 2. The van der Waals surface area contributed by atoms with Crippen molar-refractivity contribution in [3.8, 4) is 0 Å². The summed E-state index contributed by atoms with van der Waals surface area (Å²) >= 11 is 1.48. The SMILES string of the molecule is CCCCCCCCN1C(=O)C(SCC)=C(c2ccccc2)C1=O. The molecule has 1 aromatic carbocycles. The third kappa shape index (κ3) is 4.50. The second-order valence-electron chi connectivity index (χ2n) is 6.03. The highest BCUT2D eigenvalue weighted by atomic mass is 32.2. The number of benzene rings is 1. The molecule has 0 saturated heterocycles. The van der Waals surface area contributed by atoms with Crippen molar-refractivity contribution in [1.29, 1.82) is 0 Å². The molecule has 4 heteroatoms. The maximum atomic E-state index is 12.8. The van der Waals surface area contributed by atoms with Crippen LogP contribution in [-0.2, 0) is 9.59 Å². The Morgan fingerprint density at radius 3 is 2.21 bits per heavy atom. The van der Waals surface area contributed by atoms with Crippen molar-refractivity contribution in [1.82, 2.24) is 4.90 Å². The molecule has 0 saturated carbocycles. The molecule has 0 unspecified atom stereocenters. The summed E-state index contributed by atoms with van der Waals surface area (Å²) in [4.78, 5) is 27.5. The zero-order valence-electron chi connectivity index (χ0n) is 14.7. The van der Waals surface area contributed by atoms with E-state index < -0.39 is 0 Å². The summed E-state index contributed by atoms with van der Waals surface area (Å²) in [6, 6.07) is 9.55. The van der Waals surface area contributed by atoms with Gasteiger partial charge in [-0.1, -0.05) is 76.3 Å². The van der Waals surface area contributed by atoms with E-state index in [4.69, 9.17) is 0 Å². The number of imide groups is 1.